The number of carboxylic acid groups (broad SMARTS) is 1. The van der Waals surface area contributed by atoms with E-state index in [1.54, 1.807) is 12.1 Å². The van der Waals surface area contributed by atoms with Crippen LogP contribution in [0.3, 0.4) is 0 Å². The first-order valence-corrected chi connectivity index (χ1v) is 7.70. The first kappa shape index (κ1) is 15.5. The Labute approximate surface area is 125 Å². The zero-order valence-corrected chi connectivity index (χ0v) is 12.5. The van der Waals surface area contributed by atoms with Gasteiger partial charge in [0.25, 0.3) is 0 Å². The van der Waals surface area contributed by atoms with Gasteiger partial charge >= 0.3 is 5.97 Å². The molecule has 0 spiro atoms. The van der Waals surface area contributed by atoms with Crippen molar-refractivity contribution in [3.63, 3.8) is 0 Å². The number of rotatable bonds is 4. The van der Waals surface area contributed by atoms with Gasteiger partial charge in [-0.1, -0.05) is 37.3 Å². The summed E-state index contributed by atoms with van der Waals surface area (Å²) in [7, 11) is 0. The number of carbonyl (C=O) groups is 2. The molecule has 0 unspecified atom stereocenters. The van der Waals surface area contributed by atoms with Crippen LogP contribution in [0, 0.1) is 12.8 Å². The molecule has 2 rings (SSSR count). The van der Waals surface area contributed by atoms with Gasteiger partial charge in [-0.3, -0.25) is 4.79 Å². The number of anilines is 1. The van der Waals surface area contributed by atoms with E-state index in [1.807, 2.05) is 13.0 Å². The molecular weight excluding hydrogens is 266 g/mol. The van der Waals surface area contributed by atoms with Gasteiger partial charge in [0.1, 0.15) is 0 Å². The third-order valence-electron chi connectivity index (χ3n) is 4.13. The van der Waals surface area contributed by atoms with Crippen molar-refractivity contribution in [2.75, 3.05) is 5.32 Å². The average molecular weight is 289 g/mol. The van der Waals surface area contributed by atoms with Crippen molar-refractivity contribution in [1.29, 1.82) is 0 Å². The summed E-state index contributed by atoms with van der Waals surface area (Å²) in [6.07, 6.45) is 7.62. The van der Waals surface area contributed by atoms with Crippen LogP contribution in [0.2, 0.25) is 0 Å². The van der Waals surface area contributed by atoms with Crippen molar-refractivity contribution >= 4 is 17.6 Å². The molecule has 1 aromatic rings. The molecule has 1 aliphatic rings. The minimum absolute atomic E-state index is 0.0757. The van der Waals surface area contributed by atoms with Crippen molar-refractivity contribution in [2.45, 2.75) is 51.9 Å². The van der Waals surface area contributed by atoms with Crippen LogP contribution in [0.5, 0.6) is 0 Å². The van der Waals surface area contributed by atoms with E-state index in [0.29, 0.717) is 18.0 Å². The van der Waals surface area contributed by atoms with Gasteiger partial charge in [-0.25, -0.2) is 4.79 Å². The van der Waals surface area contributed by atoms with Crippen molar-refractivity contribution in [3.05, 3.63) is 29.3 Å². The molecule has 114 valence electrons. The van der Waals surface area contributed by atoms with E-state index in [0.717, 1.165) is 18.4 Å². The van der Waals surface area contributed by atoms with E-state index in [-0.39, 0.29) is 11.5 Å². The van der Waals surface area contributed by atoms with E-state index in [4.69, 9.17) is 0 Å². The number of hydrogen-bond acceptors (Lipinski definition) is 2. The molecule has 0 atom stereocenters. The van der Waals surface area contributed by atoms with E-state index in [1.165, 1.54) is 25.7 Å². The molecule has 0 bridgehead atoms. The van der Waals surface area contributed by atoms with E-state index in [9.17, 15) is 14.7 Å². The van der Waals surface area contributed by atoms with Crippen LogP contribution < -0.4 is 5.32 Å². The Balaban J connectivity index is 2.00. The lowest BCUT2D eigenvalue weighted by atomic mass is 9.96. The standard InChI is InChI=1S/C17H23NO3/c1-12-8-9-15(14(10-12)17(20)21)18-16(19)11-13-6-4-2-3-5-7-13/h8-10,13H,2-7,11H2,1H3,(H,18,19)(H,20,21). The molecule has 1 aromatic carbocycles. The Kier molecular flexibility index (Phi) is 5.37. The third-order valence-corrected chi connectivity index (χ3v) is 4.13. The molecule has 1 amide bonds. The zero-order valence-electron chi connectivity index (χ0n) is 12.5. The second-order valence-electron chi connectivity index (χ2n) is 5.96. The minimum atomic E-state index is -1.01. The Morgan fingerprint density at radius 3 is 2.48 bits per heavy atom. The molecule has 1 fully saturated rings. The number of nitrogens with one attached hydrogen (secondary N) is 1. The number of carbonyl (C=O) groups excluding carboxylic acids is 1. The lowest BCUT2D eigenvalue weighted by Crippen LogP contribution is -2.18. The molecule has 0 saturated heterocycles. The van der Waals surface area contributed by atoms with E-state index in [2.05, 4.69) is 5.32 Å². The summed E-state index contributed by atoms with van der Waals surface area (Å²) in [5.74, 6) is -0.650. The molecule has 1 saturated carbocycles. The van der Waals surface area contributed by atoms with Gasteiger partial charge in [0.05, 0.1) is 11.3 Å². The molecule has 21 heavy (non-hydrogen) atoms. The summed E-state index contributed by atoms with van der Waals surface area (Å²) in [6, 6.07) is 5.07. The predicted molar refractivity (Wildman–Crippen MR) is 82.6 cm³/mol. The van der Waals surface area contributed by atoms with Crippen LogP contribution in [0.15, 0.2) is 18.2 Å². The Morgan fingerprint density at radius 1 is 1.19 bits per heavy atom. The monoisotopic (exact) mass is 289 g/mol. The highest BCUT2D eigenvalue weighted by molar-refractivity contribution is 6.00. The van der Waals surface area contributed by atoms with Gasteiger partial charge in [0, 0.05) is 6.42 Å². The molecule has 4 nitrogen and oxygen atoms in total. The van der Waals surface area contributed by atoms with Crippen molar-refractivity contribution in [3.8, 4) is 0 Å². The van der Waals surface area contributed by atoms with Crippen LogP contribution >= 0.6 is 0 Å². The maximum absolute atomic E-state index is 12.1. The number of hydrogen-bond donors (Lipinski definition) is 2. The normalized spacial score (nSPS) is 16.2. The first-order valence-electron chi connectivity index (χ1n) is 7.70. The third kappa shape index (κ3) is 4.59. The smallest absolute Gasteiger partial charge is 0.337 e. The minimum Gasteiger partial charge on any atom is -0.478 e. The Hall–Kier alpha value is -1.84. The fourth-order valence-corrected chi connectivity index (χ4v) is 2.98. The summed E-state index contributed by atoms with van der Waals surface area (Å²) in [4.78, 5) is 23.4. The molecule has 0 aromatic heterocycles. The van der Waals surface area contributed by atoms with Crippen molar-refractivity contribution in [2.24, 2.45) is 5.92 Å². The maximum Gasteiger partial charge on any atom is 0.337 e. The summed E-state index contributed by atoms with van der Waals surface area (Å²) in [5, 5.41) is 12.0. The lowest BCUT2D eigenvalue weighted by molar-refractivity contribution is -0.117. The van der Waals surface area contributed by atoms with E-state index < -0.39 is 5.97 Å². The highest BCUT2D eigenvalue weighted by atomic mass is 16.4. The van der Waals surface area contributed by atoms with Gasteiger partial charge in [-0.15, -0.1) is 0 Å². The highest BCUT2D eigenvalue weighted by Crippen LogP contribution is 2.26. The number of carboxylic acids is 1. The zero-order chi connectivity index (χ0) is 15.2. The number of benzene rings is 1. The average Bonchev–Trinajstić information content (AvgIpc) is 2.69. The largest absolute Gasteiger partial charge is 0.478 e. The molecule has 0 aliphatic heterocycles. The lowest BCUT2D eigenvalue weighted by Gasteiger charge is -2.14. The summed E-state index contributed by atoms with van der Waals surface area (Å²) < 4.78 is 0. The quantitative estimate of drug-likeness (QED) is 0.823. The topological polar surface area (TPSA) is 66.4 Å². The predicted octanol–water partition coefficient (Wildman–Crippen LogP) is 3.99. The molecule has 4 heteroatoms. The van der Waals surface area contributed by atoms with Crippen molar-refractivity contribution in [1.82, 2.24) is 0 Å². The number of aromatic carboxylic acids is 1. The second-order valence-corrected chi connectivity index (χ2v) is 5.96. The fraction of sp³-hybridized carbons (Fsp3) is 0.529. The highest BCUT2D eigenvalue weighted by Gasteiger charge is 2.18. The fourth-order valence-electron chi connectivity index (χ4n) is 2.98. The maximum atomic E-state index is 12.1. The SMILES string of the molecule is Cc1ccc(NC(=O)CC2CCCCCC2)c(C(=O)O)c1. The molecular formula is C17H23NO3. The van der Waals surface area contributed by atoms with Crippen LogP contribution in [0.4, 0.5) is 5.69 Å². The van der Waals surface area contributed by atoms with Gasteiger partial charge in [-0.2, -0.15) is 0 Å². The number of aryl methyl sites for hydroxylation is 1. The Morgan fingerprint density at radius 2 is 1.86 bits per heavy atom. The second kappa shape index (κ2) is 7.25. The van der Waals surface area contributed by atoms with Crippen molar-refractivity contribution < 1.29 is 14.7 Å². The van der Waals surface area contributed by atoms with Gasteiger partial charge in [0.15, 0.2) is 0 Å². The van der Waals surface area contributed by atoms with E-state index >= 15 is 0 Å². The van der Waals surface area contributed by atoms with Crippen LogP contribution in [0.25, 0.3) is 0 Å². The van der Waals surface area contributed by atoms with Crippen LogP contribution in [0.1, 0.15) is 60.9 Å². The summed E-state index contributed by atoms with van der Waals surface area (Å²) in [5.41, 5.74) is 1.42. The summed E-state index contributed by atoms with van der Waals surface area (Å²) in [6.45, 7) is 1.84. The van der Waals surface area contributed by atoms with Gasteiger partial charge in [0.2, 0.25) is 5.91 Å². The van der Waals surface area contributed by atoms with Gasteiger partial charge < -0.3 is 10.4 Å². The Bertz CT molecular complexity index is 517. The first-order chi connectivity index (χ1) is 10.1. The molecule has 2 N–H and O–H groups in total. The summed E-state index contributed by atoms with van der Waals surface area (Å²) >= 11 is 0. The van der Waals surface area contributed by atoms with Gasteiger partial charge in [-0.05, 0) is 37.8 Å². The molecule has 0 radical (unpaired) electrons. The number of amides is 1. The van der Waals surface area contributed by atoms with Crippen LogP contribution in [-0.2, 0) is 4.79 Å². The molecule has 0 heterocycles. The van der Waals surface area contributed by atoms with Crippen LogP contribution in [-0.4, -0.2) is 17.0 Å². The molecule has 1 aliphatic carbocycles.